The Morgan fingerprint density at radius 2 is 1.13 bits per heavy atom. The fourth-order valence-electron chi connectivity index (χ4n) is 3.91. The molecule has 1 aromatic rings. The van der Waals surface area contributed by atoms with E-state index in [4.69, 9.17) is 0 Å². The van der Waals surface area contributed by atoms with Crippen molar-refractivity contribution < 1.29 is 31.5 Å². The molecule has 1 heterocycles. The van der Waals surface area contributed by atoms with Crippen molar-refractivity contribution in [1.29, 1.82) is 0 Å². The molecule has 4 rings (SSSR count). The molecule has 4 atom stereocenters. The number of allylic oxidation sites excluding steroid dienone is 2. The zero-order valence-corrected chi connectivity index (χ0v) is 11.3. The number of amides is 2. The van der Waals surface area contributed by atoms with Crippen molar-refractivity contribution in [3.63, 3.8) is 0 Å². The summed E-state index contributed by atoms with van der Waals surface area (Å²) in [4.78, 5) is 24.9. The van der Waals surface area contributed by atoms with Crippen molar-refractivity contribution in [2.45, 2.75) is 6.42 Å². The summed E-state index contributed by atoms with van der Waals surface area (Å²) >= 11 is 0. The van der Waals surface area contributed by atoms with Gasteiger partial charge >= 0.3 is 0 Å². The lowest BCUT2D eigenvalue weighted by atomic mass is 9.85. The van der Waals surface area contributed by atoms with Gasteiger partial charge in [-0.2, -0.15) is 0 Å². The van der Waals surface area contributed by atoms with Crippen LogP contribution in [0.2, 0.25) is 0 Å². The smallest absolute Gasteiger partial charge is 0.238 e. The van der Waals surface area contributed by atoms with Crippen LogP contribution in [0.25, 0.3) is 0 Å². The molecule has 2 bridgehead atoms. The van der Waals surface area contributed by atoms with E-state index in [1.54, 1.807) is 12.2 Å². The predicted molar refractivity (Wildman–Crippen MR) is 66.4 cm³/mol. The summed E-state index contributed by atoms with van der Waals surface area (Å²) in [6.45, 7) is 0. The Balaban J connectivity index is 1.88. The van der Waals surface area contributed by atoms with Gasteiger partial charge in [0.2, 0.25) is 17.6 Å². The van der Waals surface area contributed by atoms with Gasteiger partial charge in [-0.25, -0.2) is 26.9 Å². The molecule has 0 aromatic heterocycles. The molecule has 1 saturated heterocycles. The van der Waals surface area contributed by atoms with E-state index in [9.17, 15) is 31.5 Å². The zero-order chi connectivity index (χ0) is 16.6. The molecular formula is C15H8F5NO2. The van der Waals surface area contributed by atoms with Crippen LogP contribution < -0.4 is 4.90 Å². The average molecular weight is 329 g/mol. The minimum absolute atomic E-state index is 0.123. The molecule has 1 saturated carbocycles. The van der Waals surface area contributed by atoms with Gasteiger partial charge in [-0.15, -0.1) is 0 Å². The summed E-state index contributed by atoms with van der Waals surface area (Å²) in [6, 6.07) is 0. The maximum atomic E-state index is 13.9. The highest BCUT2D eigenvalue weighted by Crippen LogP contribution is 2.53. The standard InChI is InChI=1S/C15H8F5NO2/c16-8-9(17)11(19)13(12(20)10(8)18)21-14(22)6-4-1-2-5(3-4)7(6)15(21)23/h1-2,4-7H,3H2. The Morgan fingerprint density at radius 1 is 0.739 bits per heavy atom. The molecule has 0 spiro atoms. The molecule has 8 heteroatoms. The Hall–Kier alpha value is -2.25. The second-order valence-corrected chi connectivity index (χ2v) is 5.93. The van der Waals surface area contributed by atoms with Gasteiger partial charge in [-0.05, 0) is 18.3 Å². The molecule has 3 nitrogen and oxygen atoms in total. The van der Waals surface area contributed by atoms with E-state index in [0.29, 0.717) is 6.42 Å². The fraction of sp³-hybridized carbons (Fsp3) is 0.333. The molecule has 2 fully saturated rings. The number of anilines is 1. The fourth-order valence-corrected chi connectivity index (χ4v) is 3.91. The average Bonchev–Trinajstić information content (AvgIpc) is 3.20. The number of halogens is 5. The molecular weight excluding hydrogens is 321 g/mol. The quantitative estimate of drug-likeness (QED) is 0.261. The Morgan fingerprint density at radius 3 is 1.57 bits per heavy atom. The van der Waals surface area contributed by atoms with Crippen molar-refractivity contribution in [2.24, 2.45) is 23.7 Å². The number of carbonyl (C=O) groups is 2. The number of hydrogen-bond donors (Lipinski definition) is 0. The first-order valence-corrected chi connectivity index (χ1v) is 6.92. The highest BCUT2D eigenvalue weighted by atomic mass is 19.2. The Kier molecular flexibility index (Phi) is 2.74. The van der Waals surface area contributed by atoms with E-state index in [2.05, 4.69) is 0 Å². The van der Waals surface area contributed by atoms with Gasteiger partial charge in [0.05, 0.1) is 11.8 Å². The molecule has 2 aliphatic carbocycles. The number of hydrogen-bond acceptors (Lipinski definition) is 2. The summed E-state index contributed by atoms with van der Waals surface area (Å²) < 4.78 is 67.6. The van der Waals surface area contributed by atoms with E-state index in [1.165, 1.54) is 0 Å². The van der Waals surface area contributed by atoms with Crippen LogP contribution in [0.1, 0.15) is 6.42 Å². The van der Waals surface area contributed by atoms with Gasteiger partial charge in [0, 0.05) is 0 Å². The maximum Gasteiger partial charge on any atom is 0.238 e. The van der Waals surface area contributed by atoms with E-state index < -0.39 is 58.4 Å². The summed E-state index contributed by atoms with van der Waals surface area (Å²) in [7, 11) is 0. The highest BCUT2D eigenvalue weighted by molar-refractivity contribution is 6.23. The SMILES string of the molecule is O=C1C2C3C=CC(C3)C2C(=O)N1c1c(F)c(F)c(F)c(F)c1F. The lowest BCUT2D eigenvalue weighted by molar-refractivity contribution is -0.123. The summed E-state index contributed by atoms with van der Waals surface area (Å²) in [5.41, 5.74) is -1.48. The van der Waals surface area contributed by atoms with Gasteiger partial charge in [0.1, 0.15) is 5.69 Å². The van der Waals surface area contributed by atoms with Crippen molar-refractivity contribution >= 4 is 17.5 Å². The van der Waals surface area contributed by atoms with Crippen molar-refractivity contribution in [3.8, 4) is 0 Å². The number of nitrogens with zero attached hydrogens (tertiary/aromatic N) is 1. The molecule has 1 aromatic carbocycles. The first-order chi connectivity index (χ1) is 10.8. The van der Waals surface area contributed by atoms with Crippen LogP contribution in [0.4, 0.5) is 27.6 Å². The second kappa shape index (κ2) is 4.39. The predicted octanol–water partition coefficient (Wildman–Crippen LogP) is 2.69. The van der Waals surface area contributed by atoms with E-state index >= 15 is 0 Å². The van der Waals surface area contributed by atoms with E-state index in [1.807, 2.05) is 0 Å². The third-order valence-corrected chi connectivity index (χ3v) is 4.88. The highest BCUT2D eigenvalue weighted by Gasteiger charge is 2.60. The molecule has 4 unspecified atom stereocenters. The van der Waals surface area contributed by atoms with Gasteiger partial charge in [-0.3, -0.25) is 9.59 Å². The summed E-state index contributed by atoms with van der Waals surface area (Å²) in [5.74, 6) is -15.0. The lowest BCUT2D eigenvalue weighted by Crippen LogP contribution is -2.35. The van der Waals surface area contributed by atoms with Crippen molar-refractivity contribution in [1.82, 2.24) is 0 Å². The van der Waals surface area contributed by atoms with Crippen molar-refractivity contribution in [2.75, 3.05) is 4.90 Å². The van der Waals surface area contributed by atoms with E-state index in [-0.39, 0.29) is 16.7 Å². The molecule has 2 amide bonds. The molecule has 0 N–H and O–H groups in total. The first-order valence-electron chi connectivity index (χ1n) is 6.92. The van der Waals surface area contributed by atoms with Gasteiger partial charge in [-0.1, -0.05) is 12.2 Å². The van der Waals surface area contributed by atoms with Crippen LogP contribution in [-0.2, 0) is 9.59 Å². The Labute approximate surface area is 126 Å². The minimum Gasteiger partial charge on any atom is -0.274 e. The van der Waals surface area contributed by atoms with Crippen molar-refractivity contribution in [3.05, 3.63) is 41.2 Å². The van der Waals surface area contributed by atoms with Gasteiger partial charge < -0.3 is 0 Å². The maximum absolute atomic E-state index is 13.9. The topological polar surface area (TPSA) is 37.4 Å². The number of imide groups is 1. The van der Waals surface area contributed by atoms with Crippen LogP contribution in [0.15, 0.2) is 12.2 Å². The number of carbonyl (C=O) groups excluding carboxylic acids is 2. The van der Waals surface area contributed by atoms with Crippen LogP contribution in [-0.4, -0.2) is 11.8 Å². The summed E-state index contributed by atoms with van der Waals surface area (Å²) in [6.07, 6.45) is 4.08. The van der Waals surface area contributed by atoms with E-state index in [0.717, 1.165) is 0 Å². The third kappa shape index (κ3) is 1.58. The second-order valence-electron chi connectivity index (χ2n) is 5.93. The Bertz CT molecular complexity index is 747. The van der Waals surface area contributed by atoms with Crippen LogP contribution in [0.3, 0.4) is 0 Å². The monoisotopic (exact) mass is 329 g/mol. The molecule has 3 aliphatic rings. The number of benzene rings is 1. The molecule has 0 radical (unpaired) electrons. The summed E-state index contributed by atoms with van der Waals surface area (Å²) in [5, 5.41) is 0. The zero-order valence-electron chi connectivity index (χ0n) is 11.3. The third-order valence-electron chi connectivity index (χ3n) is 4.88. The van der Waals surface area contributed by atoms with Crippen LogP contribution in [0.5, 0.6) is 0 Å². The molecule has 23 heavy (non-hydrogen) atoms. The number of fused-ring (bicyclic) bond motifs is 5. The van der Waals surface area contributed by atoms with Gasteiger partial charge in [0.25, 0.3) is 0 Å². The van der Waals surface area contributed by atoms with Gasteiger partial charge in [0.15, 0.2) is 23.3 Å². The lowest BCUT2D eigenvalue weighted by Gasteiger charge is -2.19. The van der Waals surface area contributed by atoms with Crippen LogP contribution in [0, 0.1) is 52.8 Å². The van der Waals surface area contributed by atoms with Crippen LogP contribution >= 0.6 is 0 Å². The largest absolute Gasteiger partial charge is 0.274 e. The molecule has 1 aliphatic heterocycles. The normalized spacial score (nSPS) is 31.4. The first kappa shape index (κ1) is 14.3. The minimum atomic E-state index is -2.33. The molecule has 120 valence electrons. The number of rotatable bonds is 1.